The van der Waals surface area contributed by atoms with E-state index in [2.05, 4.69) is 15.4 Å². The molecule has 1 aromatic heterocycles. The SMILES string of the molecule is COCCn1nnc(-c2ccc(O)cc2)n1. The van der Waals surface area contributed by atoms with Crippen LogP contribution in [-0.2, 0) is 11.3 Å². The van der Waals surface area contributed by atoms with E-state index < -0.39 is 0 Å². The van der Waals surface area contributed by atoms with Crippen molar-refractivity contribution in [2.75, 3.05) is 13.7 Å². The topological polar surface area (TPSA) is 73.1 Å². The Morgan fingerprint density at radius 1 is 1.31 bits per heavy atom. The zero-order valence-corrected chi connectivity index (χ0v) is 8.87. The van der Waals surface area contributed by atoms with Crippen LogP contribution in [0.5, 0.6) is 5.75 Å². The lowest BCUT2D eigenvalue weighted by Gasteiger charge is -1.96. The van der Waals surface area contributed by atoms with Gasteiger partial charge in [-0.2, -0.15) is 4.80 Å². The molecule has 1 heterocycles. The van der Waals surface area contributed by atoms with Gasteiger partial charge in [0.25, 0.3) is 0 Å². The highest BCUT2D eigenvalue weighted by atomic mass is 16.5. The Bertz CT molecular complexity index is 452. The summed E-state index contributed by atoms with van der Waals surface area (Å²) in [5.74, 6) is 0.756. The zero-order valence-electron chi connectivity index (χ0n) is 8.87. The van der Waals surface area contributed by atoms with Gasteiger partial charge in [0.2, 0.25) is 5.82 Å². The fraction of sp³-hybridized carbons (Fsp3) is 0.300. The molecule has 0 saturated carbocycles. The van der Waals surface area contributed by atoms with Gasteiger partial charge in [0.05, 0.1) is 13.2 Å². The molecule has 0 saturated heterocycles. The van der Waals surface area contributed by atoms with Crippen LogP contribution in [-0.4, -0.2) is 39.0 Å². The molecule has 0 aliphatic carbocycles. The van der Waals surface area contributed by atoms with E-state index in [0.717, 1.165) is 5.56 Å². The highest BCUT2D eigenvalue weighted by Crippen LogP contribution is 2.17. The van der Waals surface area contributed by atoms with Crippen LogP contribution in [0.25, 0.3) is 11.4 Å². The van der Waals surface area contributed by atoms with Crippen molar-refractivity contribution < 1.29 is 9.84 Å². The molecule has 0 spiro atoms. The van der Waals surface area contributed by atoms with Gasteiger partial charge in [-0.05, 0) is 29.5 Å². The summed E-state index contributed by atoms with van der Waals surface area (Å²) in [6.07, 6.45) is 0. The van der Waals surface area contributed by atoms with Gasteiger partial charge in [0.15, 0.2) is 0 Å². The summed E-state index contributed by atoms with van der Waals surface area (Å²) in [5.41, 5.74) is 0.821. The van der Waals surface area contributed by atoms with Crippen molar-refractivity contribution in [3.05, 3.63) is 24.3 Å². The summed E-state index contributed by atoms with van der Waals surface area (Å²) < 4.78 is 4.91. The summed E-state index contributed by atoms with van der Waals surface area (Å²) >= 11 is 0. The number of hydrogen-bond donors (Lipinski definition) is 1. The number of aromatic nitrogens is 4. The maximum atomic E-state index is 9.15. The number of aromatic hydroxyl groups is 1. The molecule has 6 heteroatoms. The number of methoxy groups -OCH3 is 1. The van der Waals surface area contributed by atoms with Crippen molar-refractivity contribution in [1.29, 1.82) is 0 Å². The fourth-order valence-corrected chi connectivity index (χ4v) is 1.24. The summed E-state index contributed by atoms with van der Waals surface area (Å²) in [5, 5.41) is 21.1. The molecule has 0 fully saturated rings. The van der Waals surface area contributed by atoms with Crippen molar-refractivity contribution in [3.63, 3.8) is 0 Å². The zero-order chi connectivity index (χ0) is 11.4. The summed E-state index contributed by atoms with van der Waals surface area (Å²) in [6.45, 7) is 1.12. The van der Waals surface area contributed by atoms with Crippen LogP contribution in [0.4, 0.5) is 0 Å². The van der Waals surface area contributed by atoms with E-state index in [0.29, 0.717) is 19.0 Å². The first-order chi connectivity index (χ1) is 7.79. The Labute approximate surface area is 92.5 Å². The molecule has 84 valence electrons. The lowest BCUT2D eigenvalue weighted by Crippen LogP contribution is -2.07. The molecule has 0 aliphatic rings. The van der Waals surface area contributed by atoms with E-state index >= 15 is 0 Å². The second-order valence-corrected chi connectivity index (χ2v) is 3.25. The van der Waals surface area contributed by atoms with Gasteiger partial charge in [-0.3, -0.25) is 0 Å². The maximum absolute atomic E-state index is 9.15. The molecular weight excluding hydrogens is 208 g/mol. The number of phenols is 1. The Morgan fingerprint density at radius 2 is 2.06 bits per heavy atom. The maximum Gasteiger partial charge on any atom is 0.204 e. The average molecular weight is 220 g/mol. The van der Waals surface area contributed by atoms with Crippen molar-refractivity contribution in [2.45, 2.75) is 6.54 Å². The van der Waals surface area contributed by atoms with Gasteiger partial charge < -0.3 is 9.84 Å². The Kier molecular flexibility index (Phi) is 3.11. The number of rotatable bonds is 4. The molecule has 0 radical (unpaired) electrons. The van der Waals surface area contributed by atoms with Crippen LogP contribution in [0.1, 0.15) is 0 Å². The van der Waals surface area contributed by atoms with Crippen LogP contribution in [0.3, 0.4) is 0 Å². The molecular formula is C10H12N4O2. The van der Waals surface area contributed by atoms with Crippen molar-refractivity contribution in [2.24, 2.45) is 0 Å². The molecule has 0 aliphatic heterocycles. The smallest absolute Gasteiger partial charge is 0.204 e. The second-order valence-electron chi connectivity index (χ2n) is 3.25. The fourth-order valence-electron chi connectivity index (χ4n) is 1.24. The van der Waals surface area contributed by atoms with Crippen LogP contribution in [0, 0.1) is 0 Å². The third kappa shape index (κ3) is 2.34. The normalized spacial score (nSPS) is 10.6. The van der Waals surface area contributed by atoms with Gasteiger partial charge in [-0.25, -0.2) is 0 Å². The van der Waals surface area contributed by atoms with E-state index in [1.165, 1.54) is 4.80 Å². The number of hydrogen-bond acceptors (Lipinski definition) is 5. The number of benzene rings is 1. The van der Waals surface area contributed by atoms with E-state index in [9.17, 15) is 0 Å². The summed E-state index contributed by atoms with van der Waals surface area (Å²) in [4.78, 5) is 1.48. The third-order valence-corrected chi connectivity index (χ3v) is 2.07. The molecule has 2 aromatic rings. The summed E-state index contributed by atoms with van der Waals surface area (Å²) in [6, 6.07) is 6.66. The van der Waals surface area contributed by atoms with E-state index in [1.807, 2.05) is 0 Å². The van der Waals surface area contributed by atoms with E-state index in [1.54, 1.807) is 31.4 Å². The number of tetrazole rings is 1. The number of ether oxygens (including phenoxy) is 1. The first-order valence-corrected chi connectivity index (χ1v) is 4.86. The van der Waals surface area contributed by atoms with Gasteiger partial charge in [0, 0.05) is 12.7 Å². The van der Waals surface area contributed by atoms with Crippen molar-refractivity contribution >= 4 is 0 Å². The predicted octanol–water partition coefficient (Wildman–Crippen LogP) is 0.692. The molecule has 6 nitrogen and oxygen atoms in total. The largest absolute Gasteiger partial charge is 0.508 e. The van der Waals surface area contributed by atoms with Crippen LogP contribution in [0.2, 0.25) is 0 Å². The van der Waals surface area contributed by atoms with E-state index in [4.69, 9.17) is 9.84 Å². The van der Waals surface area contributed by atoms with Crippen molar-refractivity contribution in [1.82, 2.24) is 20.2 Å². The Morgan fingerprint density at radius 3 is 2.75 bits per heavy atom. The molecule has 1 N–H and O–H groups in total. The molecule has 0 amide bonds. The minimum absolute atomic E-state index is 0.218. The van der Waals surface area contributed by atoms with Gasteiger partial charge >= 0.3 is 0 Å². The minimum Gasteiger partial charge on any atom is -0.508 e. The van der Waals surface area contributed by atoms with E-state index in [-0.39, 0.29) is 5.75 Å². The second kappa shape index (κ2) is 4.71. The molecule has 1 aromatic carbocycles. The average Bonchev–Trinajstić information content (AvgIpc) is 2.76. The molecule has 2 rings (SSSR count). The Balaban J connectivity index is 2.15. The third-order valence-electron chi connectivity index (χ3n) is 2.07. The first-order valence-electron chi connectivity index (χ1n) is 4.86. The number of nitrogens with zero attached hydrogens (tertiary/aromatic N) is 4. The van der Waals surface area contributed by atoms with Crippen LogP contribution in [0.15, 0.2) is 24.3 Å². The quantitative estimate of drug-likeness (QED) is 0.820. The van der Waals surface area contributed by atoms with Gasteiger partial charge in [0.1, 0.15) is 5.75 Å². The summed E-state index contributed by atoms with van der Waals surface area (Å²) in [7, 11) is 1.62. The first kappa shape index (κ1) is 10.6. The molecule has 0 bridgehead atoms. The highest BCUT2D eigenvalue weighted by molar-refractivity contribution is 5.54. The lowest BCUT2D eigenvalue weighted by molar-refractivity contribution is 0.178. The monoisotopic (exact) mass is 220 g/mol. The lowest BCUT2D eigenvalue weighted by atomic mass is 10.2. The molecule has 16 heavy (non-hydrogen) atoms. The van der Waals surface area contributed by atoms with Gasteiger partial charge in [-0.1, -0.05) is 0 Å². The highest BCUT2D eigenvalue weighted by Gasteiger charge is 2.05. The van der Waals surface area contributed by atoms with Gasteiger partial charge in [-0.15, -0.1) is 10.2 Å². The van der Waals surface area contributed by atoms with Crippen LogP contribution >= 0.6 is 0 Å². The predicted molar refractivity (Wildman–Crippen MR) is 56.8 cm³/mol. The minimum atomic E-state index is 0.218. The number of phenolic OH excluding ortho intramolecular Hbond substituents is 1. The molecule has 0 atom stereocenters. The molecule has 0 unspecified atom stereocenters. The Hall–Kier alpha value is -1.95. The van der Waals surface area contributed by atoms with Crippen molar-refractivity contribution in [3.8, 4) is 17.1 Å². The standard InChI is InChI=1S/C10H12N4O2/c1-16-7-6-14-12-10(11-13-14)8-2-4-9(15)5-3-8/h2-5,15H,6-7H2,1H3. The van der Waals surface area contributed by atoms with Crippen LogP contribution < -0.4 is 0 Å².